The molecule has 1 heterocycles. The van der Waals surface area contributed by atoms with Gasteiger partial charge in [-0.15, -0.1) is 0 Å². The fraction of sp³-hybridized carbons (Fsp3) is 0.500. The molecule has 1 aromatic heterocycles. The second-order valence-electron chi connectivity index (χ2n) is 6.69. The predicted molar refractivity (Wildman–Crippen MR) is 101 cm³/mol. The highest BCUT2D eigenvalue weighted by Crippen LogP contribution is 2.40. The number of hydrogen-bond acceptors (Lipinski definition) is 4. The molecule has 0 saturated heterocycles. The van der Waals surface area contributed by atoms with Crippen molar-refractivity contribution >= 4 is 12.2 Å². The molecule has 1 aliphatic rings. The van der Waals surface area contributed by atoms with Crippen LogP contribution in [0.15, 0.2) is 24.3 Å². The minimum atomic E-state index is 0.429. The maximum Gasteiger partial charge on any atom is 0.215 e. The van der Waals surface area contributed by atoms with Gasteiger partial charge in [0, 0.05) is 30.2 Å². The molecular formula is C20H27N3O3. The van der Waals surface area contributed by atoms with Crippen molar-refractivity contribution in [2.24, 2.45) is 0 Å². The molecule has 0 radical (unpaired) electrons. The van der Waals surface area contributed by atoms with Crippen molar-refractivity contribution in [1.82, 2.24) is 9.78 Å². The number of rotatable bonds is 10. The summed E-state index contributed by atoms with van der Waals surface area (Å²) in [5.74, 6) is 2.85. The molecule has 1 saturated carbocycles. The zero-order valence-corrected chi connectivity index (χ0v) is 15.8. The Kier molecular flexibility index (Phi) is 5.81. The SMILES string of the molecule is CCCCn1nc(C2CC2)cc1N(C=O)Cc1ccc(OC)cc1OC. The number of benzene rings is 1. The first-order chi connectivity index (χ1) is 12.7. The van der Waals surface area contributed by atoms with Crippen LogP contribution in [0.25, 0.3) is 0 Å². The molecular weight excluding hydrogens is 330 g/mol. The van der Waals surface area contributed by atoms with E-state index in [-0.39, 0.29) is 0 Å². The fourth-order valence-electron chi connectivity index (χ4n) is 3.05. The van der Waals surface area contributed by atoms with Crippen molar-refractivity contribution in [2.75, 3.05) is 19.1 Å². The van der Waals surface area contributed by atoms with E-state index >= 15 is 0 Å². The molecule has 3 rings (SSSR count). The molecule has 1 fully saturated rings. The van der Waals surface area contributed by atoms with Crippen LogP contribution in [-0.2, 0) is 17.9 Å². The number of amides is 1. The van der Waals surface area contributed by atoms with E-state index in [1.807, 2.05) is 22.9 Å². The quantitative estimate of drug-likeness (QED) is 0.608. The van der Waals surface area contributed by atoms with Crippen molar-refractivity contribution in [2.45, 2.75) is 51.6 Å². The Morgan fingerprint density at radius 2 is 2.08 bits per heavy atom. The minimum absolute atomic E-state index is 0.429. The Bertz CT molecular complexity index is 753. The number of hydrogen-bond donors (Lipinski definition) is 0. The summed E-state index contributed by atoms with van der Waals surface area (Å²) in [6.07, 6.45) is 5.39. The molecule has 0 spiro atoms. The Labute approximate surface area is 154 Å². The van der Waals surface area contributed by atoms with E-state index < -0.39 is 0 Å². The van der Waals surface area contributed by atoms with Crippen molar-refractivity contribution < 1.29 is 14.3 Å². The van der Waals surface area contributed by atoms with Crippen LogP contribution in [0.3, 0.4) is 0 Å². The van der Waals surface area contributed by atoms with Gasteiger partial charge in [-0.1, -0.05) is 13.3 Å². The highest BCUT2D eigenvalue weighted by molar-refractivity contribution is 5.73. The molecule has 1 amide bonds. The first kappa shape index (κ1) is 18.3. The van der Waals surface area contributed by atoms with Crippen LogP contribution in [-0.4, -0.2) is 30.4 Å². The lowest BCUT2D eigenvalue weighted by Gasteiger charge is -2.20. The van der Waals surface area contributed by atoms with E-state index in [2.05, 4.69) is 13.0 Å². The second kappa shape index (κ2) is 8.25. The van der Waals surface area contributed by atoms with Crippen molar-refractivity contribution in [3.8, 4) is 11.5 Å². The highest BCUT2D eigenvalue weighted by atomic mass is 16.5. The molecule has 0 N–H and O–H groups in total. The number of aryl methyl sites for hydroxylation is 1. The van der Waals surface area contributed by atoms with E-state index in [0.29, 0.717) is 18.2 Å². The topological polar surface area (TPSA) is 56.6 Å². The molecule has 26 heavy (non-hydrogen) atoms. The zero-order valence-electron chi connectivity index (χ0n) is 15.8. The van der Waals surface area contributed by atoms with Gasteiger partial charge in [-0.05, 0) is 31.4 Å². The lowest BCUT2D eigenvalue weighted by atomic mass is 10.1. The predicted octanol–water partition coefficient (Wildman–Crippen LogP) is 3.74. The molecule has 1 aromatic carbocycles. The van der Waals surface area contributed by atoms with Gasteiger partial charge in [-0.3, -0.25) is 9.69 Å². The summed E-state index contributed by atoms with van der Waals surface area (Å²) in [5, 5.41) is 4.76. The summed E-state index contributed by atoms with van der Waals surface area (Å²) >= 11 is 0. The van der Waals surface area contributed by atoms with Crippen LogP contribution in [0, 0.1) is 0 Å². The van der Waals surface area contributed by atoms with Gasteiger partial charge in [0.2, 0.25) is 6.41 Å². The third-order valence-electron chi connectivity index (χ3n) is 4.75. The average molecular weight is 357 g/mol. The summed E-state index contributed by atoms with van der Waals surface area (Å²) in [5.41, 5.74) is 2.03. The summed E-state index contributed by atoms with van der Waals surface area (Å²) in [7, 11) is 3.25. The number of carbonyl (C=O) groups is 1. The number of methoxy groups -OCH3 is 2. The van der Waals surface area contributed by atoms with Gasteiger partial charge in [-0.25, -0.2) is 4.68 Å². The van der Waals surface area contributed by atoms with Crippen molar-refractivity contribution in [3.05, 3.63) is 35.5 Å². The maximum atomic E-state index is 11.9. The van der Waals surface area contributed by atoms with Crippen LogP contribution >= 0.6 is 0 Å². The average Bonchev–Trinajstić information content (AvgIpc) is 3.44. The molecule has 140 valence electrons. The molecule has 2 aromatic rings. The second-order valence-corrected chi connectivity index (χ2v) is 6.69. The van der Waals surface area contributed by atoms with Gasteiger partial charge in [0.05, 0.1) is 26.5 Å². The highest BCUT2D eigenvalue weighted by Gasteiger charge is 2.28. The van der Waals surface area contributed by atoms with E-state index in [0.717, 1.165) is 48.6 Å². The van der Waals surface area contributed by atoms with Crippen LogP contribution in [0.5, 0.6) is 11.5 Å². The monoisotopic (exact) mass is 357 g/mol. The van der Waals surface area contributed by atoms with E-state index in [4.69, 9.17) is 14.6 Å². The molecule has 6 nitrogen and oxygen atoms in total. The largest absolute Gasteiger partial charge is 0.497 e. The number of aromatic nitrogens is 2. The Morgan fingerprint density at radius 3 is 2.69 bits per heavy atom. The molecule has 0 atom stereocenters. The molecule has 6 heteroatoms. The smallest absolute Gasteiger partial charge is 0.215 e. The number of anilines is 1. The van der Waals surface area contributed by atoms with E-state index in [9.17, 15) is 4.79 Å². The van der Waals surface area contributed by atoms with Crippen LogP contribution < -0.4 is 14.4 Å². The maximum absolute atomic E-state index is 11.9. The summed E-state index contributed by atoms with van der Waals surface area (Å²) in [4.78, 5) is 13.6. The number of nitrogens with zero attached hydrogens (tertiary/aromatic N) is 3. The number of carbonyl (C=O) groups excluding carboxylic acids is 1. The minimum Gasteiger partial charge on any atom is -0.497 e. The van der Waals surface area contributed by atoms with Gasteiger partial charge < -0.3 is 9.47 Å². The first-order valence-corrected chi connectivity index (χ1v) is 9.20. The summed E-state index contributed by atoms with van der Waals surface area (Å²) in [6, 6.07) is 7.72. The van der Waals surface area contributed by atoms with Gasteiger partial charge in [-0.2, -0.15) is 5.10 Å². The normalized spacial score (nSPS) is 13.5. The zero-order chi connectivity index (χ0) is 18.5. The Balaban J connectivity index is 1.87. The molecule has 0 aliphatic heterocycles. The number of ether oxygens (including phenoxy) is 2. The molecule has 1 aliphatic carbocycles. The van der Waals surface area contributed by atoms with Gasteiger partial charge in [0.1, 0.15) is 17.3 Å². The van der Waals surface area contributed by atoms with Crippen LogP contribution in [0.4, 0.5) is 5.82 Å². The van der Waals surface area contributed by atoms with Crippen LogP contribution in [0.1, 0.15) is 49.8 Å². The van der Waals surface area contributed by atoms with Gasteiger partial charge in [0.15, 0.2) is 0 Å². The fourth-order valence-corrected chi connectivity index (χ4v) is 3.05. The Hall–Kier alpha value is -2.50. The van der Waals surface area contributed by atoms with Crippen molar-refractivity contribution in [1.29, 1.82) is 0 Å². The summed E-state index contributed by atoms with van der Waals surface area (Å²) in [6.45, 7) is 3.41. The van der Waals surface area contributed by atoms with Gasteiger partial charge in [0.25, 0.3) is 0 Å². The van der Waals surface area contributed by atoms with E-state index in [1.165, 1.54) is 12.8 Å². The third kappa shape index (κ3) is 4.00. The lowest BCUT2D eigenvalue weighted by molar-refractivity contribution is -0.107. The standard InChI is InChI=1S/C20H27N3O3/c1-4-5-10-23-20(12-18(21-23)15-6-7-15)22(14-24)13-16-8-9-17(25-2)11-19(16)26-3/h8-9,11-12,14-15H,4-7,10,13H2,1-3H3. The first-order valence-electron chi connectivity index (χ1n) is 9.20. The number of unbranched alkanes of at least 4 members (excludes halogenated alkanes) is 1. The third-order valence-corrected chi connectivity index (χ3v) is 4.75. The van der Waals surface area contributed by atoms with Crippen LogP contribution in [0.2, 0.25) is 0 Å². The molecule has 0 unspecified atom stereocenters. The van der Waals surface area contributed by atoms with E-state index in [1.54, 1.807) is 19.1 Å². The summed E-state index contributed by atoms with van der Waals surface area (Å²) < 4.78 is 12.7. The lowest BCUT2D eigenvalue weighted by Crippen LogP contribution is -2.24. The Morgan fingerprint density at radius 1 is 1.27 bits per heavy atom. The van der Waals surface area contributed by atoms with Crippen molar-refractivity contribution in [3.63, 3.8) is 0 Å². The molecule has 0 bridgehead atoms. The van der Waals surface area contributed by atoms with Gasteiger partial charge >= 0.3 is 0 Å².